The molecule has 11 heavy (non-hydrogen) atoms. The number of nitrogens with zero attached hydrogens (tertiary/aromatic N) is 2. The van der Waals surface area contributed by atoms with Gasteiger partial charge in [-0.3, -0.25) is 4.99 Å². The van der Waals surface area contributed by atoms with Crippen molar-refractivity contribution in [1.29, 1.82) is 0 Å². The Morgan fingerprint density at radius 1 is 1.36 bits per heavy atom. The summed E-state index contributed by atoms with van der Waals surface area (Å²) in [5.41, 5.74) is 0. The molecular formula is C9H18N2. The topological polar surface area (TPSA) is 15.6 Å². The molecule has 0 atom stereocenters. The van der Waals surface area contributed by atoms with Gasteiger partial charge in [0.15, 0.2) is 0 Å². The lowest BCUT2D eigenvalue weighted by atomic mass is 10.1. The van der Waals surface area contributed by atoms with Gasteiger partial charge in [0.05, 0.1) is 5.84 Å². The van der Waals surface area contributed by atoms with E-state index < -0.39 is 0 Å². The highest BCUT2D eigenvalue weighted by molar-refractivity contribution is 5.82. The number of piperidine rings is 1. The molecule has 1 aliphatic rings. The van der Waals surface area contributed by atoms with Gasteiger partial charge in [0.1, 0.15) is 0 Å². The van der Waals surface area contributed by atoms with Gasteiger partial charge in [0, 0.05) is 26.1 Å². The summed E-state index contributed by atoms with van der Waals surface area (Å²) >= 11 is 0. The Morgan fingerprint density at radius 2 is 2.09 bits per heavy atom. The van der Waals surface area contributed by atoms with Gasteiger partial charge in [-0.1, -0.05) is 0 Å². The maximum Gasteiger partial charge on any atom is 0.0989 e. The normalized spacial score (nSPS) is 23.3. The van der Waals surface area contributed by atoms with Crippen LogP contribution < -0.4 is 0 Å². The van der Waals surface area contributed by atoms with E-state index >= 15 is 0 Å². The molecule has 0 saturated carbocycles. The SMILES string of the molecule is CC(C)N=C1CCCCN1C. The highest BCUT2D eigenvalue weighted by Crippen LogP contribution is 2.10. The van der Waals surface area contributed by atoms with Crippen molar-refractivity contribution in [2.75, 3.05) is 13.6 Å². The molecule has 0 spiro atoms. The molecule has 1 saturated heterocycles. The van der Waals surface area contributed by atoms with Gasteiger partial charge in [-0.15, -0.1) is 0 Å². The van der Waals surface area contributed by atoms with Gasteiger partial charge < -0.3 is 4.90 Å². The molecule has 0 bridgehead atoms. The summed E-state index contributed by atoms with van der Waals surface area (Å²) < 4.78 is 0. The van der Waals surface area contributed by atoms with Crippen molar-refractivity contribution < 1.29 is 0 Å². The van der Waals surface area contributed by atoms with Gasteiger partial charge in [0.2, 0.25) is 0 Å². The number of rotatable bonds is 1. The maximum absolute atomic E-state index is 4.56. The largest absolute Gasteiger partial charge is 0.363 e. The zero-order chi connectivity index (χ0) is 8.27. The molecule has 0 aromatic carbocycles. The molecule has 0 N–H and O–H groups in total. The second-order valence-electron chi connectivity index (χ2n) is 3.52. The van der Waals surface area contributed by atoms with Crippen LogP contribution in [0.1, 0.15) is 33.1 Å². The third kappa shape index (κ3) is 2.52. The summed E-state index contributed by atoms with van der Waals surface area (Å²) in [6.07, 6.45) is 3.82. The molecular weight excluding hydrogens is 136 g/mol. The van der Waals surface area contributed by atoms with Crippen LogP contribution >= 0.6 is 0 Å². The van der Waals surface area contributed by atoms with Gasteiger partial charge >= 0.3 is 0 Å². The summed E-state index contributed by atoms with van der Waals surface area (Å²) in [5, 5.41) is 0. The average Bonchev–Trinajstić information content (AvgIpc) is 1.93. The van der Waals surface area contributed by atoms with Crippen LogP contribution in [0.4, 0.5) is 0 Å². The van der Waals surface area contributed by atoms with Crippen LogP contribution in [0.15, 0.2) is 4.99 Å². The molecule has 0 amide bonds. The van der Waals surface area contributed by atoms with Crippen molar-refractivity contribution in [2.45, 2.75) is 39.2 Å². The highest BCUT2D eigenvalue weighted by atomic mass is 15.2. The third-order valence-electron chi connectivity index (χ3n) is 1.99. The molecule has 1 rings (SSSR count). The number of aliphatic imine (C=N–C) groups is 1. The lowest BCUT2D eigenvalue weighted by Gasteiger charge is -2.26. The van der Waals surface area contributed by atoms with Crippen LogP contribution in [0.25, 0.3) is 0 Å². The van der Waals surface area contributed by atoms with Gasteiger partial charge in [-0.25, -0.2) is 0 Å². The van der Waals surface area contributed by atoms with Crippen molar-refractivity contribution in [3.8, 4) is 0 Å². The fourth-order valence-electron chi connectivity index (χ4n) is 1.41. The van der Waals surface area contributed by atoms with E-state index in [1.165, 1.54) is 31.6 Å². The lowest BCUT2D eigenvalue weighted by Crippen LogP contribution is -2.32. The second-order valence-corrected chi connectivity index (χ2v) is 3.52. The number of hydrogen-bond acceptors (Lipinski definition) is 1. The Kier molecular flexibility index (Phi) is 2.92. The molecule has 1 heterocycles. The number of hydrogen-bond donors (Lipinski definition) is 0. The van der Waals surface area contributed by atoms with Gasteiger partial charge in [0.25, 0.3) is 0 Å². The van der Waals surface area contributed by atoms with Crippen molar-refractivity contribution in [3.63, 3.8) is 0 Å². The Hall–Kier alpha value is -0.530. The molecule has 64 valence electrons. The van der Waals surface area contributed by atoms with Crippen LogP contribution in [0.5, 0.6) is 0 Å². The first-order valence-electron chi connectivity index (χ1n) is 4.48. The van der Waals surface area contributed by atoms with Gasteiger partial charge in [-0.2, -0.15) is 0 Å². The Labute approximate surface area is 69.3 Å². The lowest BCUT2D eigenvalue weighted by molar-refractivity contribution is 0.430. The van der Waals surface area contributed by atoms with Crippen molar-refractivity contribution in [3.05, 3.63) is 0 Å². The van der Waals surface area contributed by atoms with E-state index in [4.69, 9.17) is 0 Å². The standard InChI is InChI=1S/C9H18N2/c1-8(2)10-9-6-4-5-7-11(9)3/h8H,4-7H2,1-3H3. The molecule has 0 aromatic rings. The minimum atomic E-state index is 0.450. The first-order chi connectivity index (χ1) is 5.20. The Bertz CT molecular complexity index is 150. The van der Waals surface area contributed by atoms with Crippen LogP contribution in [0, 0.1) is 0 Å². The zero-order valence-corrected chi connectivity index (χ0v) is 7.80. The van der Waals surface area contributed by atoms with E-state index in [9.17, 15) is 0 Å². The number of likely N-dealkylation sites (tertiary alicyclic amines) is 1. The van der Waals surface area contributed by atoms with Crippen molar-refractivity contribution in [2.24, 2.45) is 4.99 Å². The van der Waals surface area contributed by atoms with Crippen LogP contribution in [0.2, 0.25) is 0 Å². The molecule has 1 fully saturated rings. The van der Waals surface area contributed by atoms with Crippen molar-refractivity contribution in [1.82, 2.24) is 4.90 Å². The van der Waals surface area contributed by atoms with E-state index in [2.05, 4.69) is 30.8 Å². The molecule has 2 nitrogen and oxygen atoms in total. The monoisotopic (exact) mass is 154 g/mol. The zero-order valence-electron chi connectivity index (χ0n) is 7.80. The predicted octanol–water partition coefficient (Wildman–Crippen LogP) is 1.91. The number of amidine groups is 1. The average molecular weight is 154 g/mol. The molecule has 0 radical (unpaired) electrons. The quantitative estimate of drug-likeness (QED) is 0.563. The third-order valence-corrected chi connectivity index (χ3v) is 1.99. The Balaban J connectivity index is 2.53. The highest BCUT2D eigenvalue weighted by Gasteiger charge is 2.11. The summed E-state index contributed by atoms with van der Waals surface area (Å²) in [6.45, 7) is 5.45. The van der Waals surface area contributed by atoms with E-state index in [0.29, 0.717) is 6.04 Å². The van der Waals surface area contributed by atoms with Crippen LogP contribution in [0.3, 0.4) is 0 Å². The fourth-order valence-corrected chi connectivity index (χ4v) is 1.41. The summed E-state index contributed by atoms with van der Waals surface area (Å²) in [4.78, 5) is 6.84. The van der Waals surface area contributed by atoms with E-state index in [0.717, 1.165) is 0 Å². The molecule has 0 unspecified atom stereocenters. The Morgan fingerprint density at radius 3 is 2.64 bits per heavy atom. The first kappa shape index (κ1) is 8.57. The van der Waals surface area contributed by atoms with Crippen LogP contribution in [-0.4, -0.2) is 30.4 Å². The summed E-state index contributed by atoms with van der Waals surface area (Å²) in [5.74, 6) is 1.30. The van der Waals surface area contributed by atoms with E-state index in [1.54, 1.807) is 0 Å². The van der Waals surface area contributed by atoms with E-state index in [-0.39, 0.29) is 0 Å². The summed E-state index contributed by atoms with van der Waals surface area (Å²) in [6, 6.07) is 0.450. The second kappa shape index (κ2) is 3.74. The van der Waals surface area contributed by atoms with E-state index in [1.807, 2.05) is 0 Å². The fraction of sp³-hybridized carbons (Fsp3) is 0.889. The molecule has 0 aliphatic carbocycles. The van der Waals surface area contributed by atoms with Gasteiger partial charge in [-0.05, 0) is 26.7 Å². The molecule has 1 aliphatic heterocycles. The predicted molar refractivity (Wildman–Crippen MR) is 49.1 cm³/mol. The molecule has 0 aromatic heterocycles. The van der Waals surface area contributed by atoms with Crippen LogP contribution in [-0.2, 0) is 0 Å². The smallest absolute Gasteiger partial charge is 0.0989 e. The summed E-state index contributed by atoms with van der Waals surface area (Å²) in [7, 11) is 2.14. The van der Waals surface area contributed by atoms with Crippen molar-refractivity contribution >= 4 is 5.84 Å². The first-order valence-corrected chi connectivity index (χ1v) is 4.48. The maximum atomic E-state index is 4.56. The minimum Gasteiger partial charge on any atom is -0.363 e. The molecule has 2 heteroatoms. The minimum absolute atomic E-state index is 0.450.